The van der Waals surface area contributed by atoms with E-state index < -0.39 is 23.6 Å². The Balaban J connectivity index is 1.61. The Morgan fingerprint density at radius 1 is 1.42 bits per heavy atom. The van der Waals surface area contributed by atoms with Gasteiger partial charge in [0, 0.05) is 32.6 Å². The average Bonchev–Trinajstić information content (AvgIpc) is 2.70. The van der Waals surface area contributed by atoms with E-state index >= 15 is 0 Å². The molecule has 1 saturated heterocycles. The summed E-state index contributed by atoms with van der Waals surface area (Å²) in [4.78, 5) is 22.3. The number of primary amides is 1. The van der Waals surface area contributed by atoms with Crippen LogP contribution in [0.5, 0.6) is 0 Å². The summed E-state index contributed by atoms with van der Waals surface area (Å²) >= 11 is 5.70. The minimum Gasteiger partial charge on any atom is -0.391 e. The molecule has 8 nitrogen and oxygen atoms in total. The van der Waals surface area contributed by atoms with Crippen LogP contribution in [0, 0.1) is 17.6 Å². The number of aromatic nitrogens is 2. The van der Waals surface area contributed by atoms with Gasteiger partial charge in [0.2, 0.25) is 11.7 Å². The van der Waals surface area contributed by atoms with E-state index in [-0.39, 0.29) is 35.7 Å². The number of carbonyl (C=O) groups is 1. The predicted octanol–water partition coefficient (Wildman–Crippen LogP) is 1.62. The van der Waals surface area contributed by atoms with Gasteiger partial charge in [0.1, 0.15) is 12.1 Å². The van der Waals surface area contributed by atoms with E-state index in [0.29, 0.717) is 31.6 Å². The molecule has 0 aliphatic carbocycles. The molecule has 11 heteroatoms. The minimum atomic E-state index is -0.674. The molecule has 1 aliphatic heterocycles. The second kappa shape index (κ2) is 10.2. The molecule has 31 heavy (non-hydrogen) atoms. The molecular formula is C20H25ClF2N6O2. The number of hydrogen-bond acceptors (Lipinski definition) is 7. The lowest BCUT2D eigenvalue weighted by atomic mass is 9.94. The normalized spacial score (nSPS) is 19.3. The first-order valence-electron chi connectivity index (χ1n) is 9.82. The van der Waals surface area contributed by atoms with Gasteiger partial charge in [-0.2, -0.15) is 4.39 Å². The molecule has 0 bridgehead atoms. The fraction of sp³-hybridized carbons (Fsp3) is 0.450. The van der Waals surface area contributed by atoms with Crippen LogP contribution < -0.4 is 16.0 Å². The fourth-order valence-electron chi connectivity index (χ4n) is 3.61. The molecule has 0 radical (unpaired) electrons. The first-order valence-corrected chi connectivity index (χ1v) is 10.2. The molecule has 1 amide bonds. The van der Waals surface area contributed by atoms with Gasteiger partial charge in [0.25, 0.3) is 0 Å². The van der Waals surface area contributed by atoms with Gasteiger partial charge < -0.3 is 21.1 Å². The molecule has 168 valence electrons. The average molecular weight is 455 g/mol. The van der Waals surface area contributed by atoms with E-state index in [1.54, 1.807) is 22.9 Å². The predicted molar refractivity (Wildman–Crippen MR) is 114 cm³/mol. The van der Waals surface area contributed by atoms with Crippen molar-refractivity contribution in [3.63, 3.8) is 0 Å². The van der Waals surface area contributed by atoms with E-state index in [2.05, 4.69) is 15.3 Å². The summed E-state index contributed by atoms with van der Waals surface area (Å²) in [5, 5.41) is 13.3. The Bertz CT molecular complexity index is 935. The van der Waals surface area contributed by atoms with Crippen molar-refractivity contribution in [1.29, 1.82) is 0 Å². The van der Waals surface area contributed by atoms with Gasteiger partial charge in [-0.15, -0.1) is 0 Å². The van der Waals surface area contributed by atoms with Gasteiger partial charge in [0.05, 0.1) is 17.7 Å². The van der Waals surface area contributed by atoms with Crippen LogP contribution in [-0.4, -0.2) is 65.2 Å². The number of amides is 1. The topological polar surface area (TPSA) is 108 Å². The van der Waals surface area contributed by atoms with Crippen LogP contribution in [0.4, 0.5) is 20.4 Å². The van der Waals surface area contributed by atoms with Crippen molar-refractivity contribution in [2.45, 2.75) is 19.1 Å². The second-order valence-electron chi connectivity index (χ2n) is 7.66. The third kappa shape index (κ3) is 5.99. The molecule has 1 aromatic heterocycles. The van der Waals surface area contributed by atoms with Crippen LogP contribution in [0.1, 0.15) is 12.0 Å². The second-order valence-corrected chi connectivity index (χ2v) is 8.07. The summed E-state index contributed by atoms with van der Waals surface area (Å²) in [5.41, 5.74) is 5.81. The van der Waals surface area contributed by atoms with Gasteiger partial charge in [-0.25, -0.2) is 14.4 Å². The zero-order valence-corrected chi connectivity index (χ0v) is 17.8. The highest BCUT2D eigenvalue weighted by molar-refractivity contribution is 6.30. The van der Waals surface area contributed by atoms with Crippen LogP contribution in [0.15, 0.2) is 24.5 Å². The largest absolute Gasteiger partial charge is 0.391 e. The van der Waals surface area contributed by atoms with Gasteiger partial charge in [-0.1, -0.05) is 17.7 Å². The molecule has 1 fully saturated rings. The number of aliphatic hydroxyl groups is 1. The third-order valence-corrected chi connectivity index (χ3v) is 5.56. The Hall–Kier alpha value is -2.56. The van der Waals surface area contributed by atoms with Crippen molar-refractivity contribution in [2.75, 3.05) is 43.4 Å². The highest BCUT2D eigenvalue weighted by atomic mass is 35.5. The molecule has 0 unspecified atom stereocenters. The zero-order valence-electron chi connectivity index (χ0n) is 17.1. The Morgan fingerprint density at radius 2 is 2.19 bits per heavy atom. The number of halogens is 3. The lowest BCUT2D eigenvalue weighted by Gasteiger charge is -2.35. The van der Waals surface area contributed by atoms with E-state index in [4.69, 9.17) is 17.3 Å². The molecule has 3 rings (SSSR count). The summed E-state index contributed by atoms with van der Waals surface area (Å²) < 4.78 is 28.6. The first-order chi connectivity index (χ1) is 14.7. The SMILES string of the molecule is CN(Cc1ccc(Cl)c(F)c1)c1ncnc(NC[C@H]2CCN(CC(N)=O)C[C@@H]2O)c1F. The number of piperidine rings is 1. The number of β-amino-alcohol motifs (C(OH)–C–C–N with tert-alkyl or cyclic N) is 1. The molecule has 2 heterocycles. The summed E-state index contributed by atoms with van der Waals surface area (Å²) in [7, 11) is 1.64. The van der Waals surface area contributed by atoms with Crippen molar-refractivity contribution in [3.8, 4) is 0 Å². The molecule has 2 aromatic rings. The van der Waals surface area contributed by atoms with E-state index in [0.717, 1.165) is 0 Å². The van der Waals surface area contributed by atoms with Gasteiger partial charge in [0.15, 0.2) is 11.6 Å². The third-order valence-electron chi connectivity index (χ3n) is 5.25. The van der Waals surface area contributed by atoms with Crippen LogP contribution in [-0.2, 0) is 11.3 Å². The van der Waals surface area contributed by atoms with Crippen molar-refractivity contribution < 1.29 is 18.7 Å². The quantitative estimate of drug-likeness (QED) is 0.556. The smallest absolute Gasteiger partial charge is 0.231 e. The molecule has 0 saturated carbocycles. The van der Waals surface area contributed by atoms with Crippen LogP contribution in [0.2, 0.25) is 5.02 Å². The number of rotatable bonds is 8. The lowest BCUT2D eigenvalue weighted by Crippen LogP contribution is -2.48. The van der Waals surface area contributed by atoms with E-state index in [9.17, 15) is 18.7 Å². The van der Waals surface area contributed by atoms with Crippen LogP contribution >= 0.6 is 11.6 Å². The molecule has 0 spiro atoms. The monoisotopic (exact) mass is 454 g/mol. The molecule has 2 atom stereocenters. The van der Waals surface area contributed by atoms with Crippen molar-refractivity contribution >= 4 is 29.1 Å². The highest BCUT2D eigenvalue weighted by Crippen LogP contribution is 2.24. The van der Waals surface area contributed by atoms with Gasteiger partial charge in [-0.3, -0.25) is 9.69 Å². The number of nitrogens with one attached hydrogen (secondary N) is 1. The van der Waals surface area contributed by atoms with Gasteiger partial charge in [-0.05, 0) is 30.7 Å². The summed E-state index contributed by atoms with van der Waals surface area (Å²) in [5.74, 6) is -1.67. The first kappa shape index (κ1) is 23.1. The summed E-state index contributed by atoms with van der Waals surface area (Å²) in [6.07, 6.45) is 1.20. The number of carbonyl (C=O) groups excluding carboxylic acids is 1. The maximum absolute atomic E-state index is 15.0. The fourth-order valence-corrected chi connectivity index (χ4v) is 3.73. The number of aliphatic hydroxyl groups excluding tert-OH is 1. The minimum absolute atomic E-state index is 0.0194. The number of nitrogens with zero attached hydrogens (tertiary/aromatic N) is 4. The number of benzene rings is 1. The standard InChI is InChI=1S/C20H25ClF2N6O2/c1-28(8-12-2-3-14(21)15(22)6-12)20-18(23)19(26-11-27-20)25-7-13-4-5-29(9-16(13)30)10-17(24)31/h2-3,6,11,13,16,30H,4-5,7-10H2,1H3,(H2,24,31)(H,25,26,27)/t13-,16+/m1/s1. The van der Waals surface area contributed by atoms with Crippen LogP contribution in [0.3, 0.4) is 0 Å². The van der Waals surface area contributed by atoms with Crippen molar-refractivity contribution in [3.05, 3.63) is 46.7 Å². The highest BCUT2D eigenvalue weighted by Gasteiger charge is 2.28. The number of nitrogens with two attached hydrogens (primary N) is 1. The number of likely N-dealkylation sites (tertiary alicyclic amines) is 1. The number of hydrogen-bond donors (Lipinski definition) is 3. The lowest BCUT2D eigenvalue weighted by molar-refractivity contribution is -0.120. The molecule has 1 aromatic carbocycles. The maximum Gasteiger partial charge on any atom is 0.231 e. The Labute approximate surface area is 184 Å². The zero-order chi connectivity index (χ0) is 22.5. The van der Waals surface area contributed by atoms with E-state index in [1.807, 2.05) is 0 Å². The number of anilines is 2. The molecule has 1 aliphatic rings. The Kier molecular flexibility index (Phi) is 7.58. The summed E-state index contributed by atoms with van der Waals surface area (Å²) in [6.45, 7) is 1.58. The van der Waals surface area contributed by atoms with Crippen LogP contribution in [0.25, 0.3) is 0 Å². The van der Waals surface area contributed by atoms with Crippen molar-refractivity contribution in [2.24, 2.45) is 11.7 Å². The molecule has 4 N–H and O–H groups in total. The Morgan fingerprint density at radius 3 is 2.87 bits per heavy atom. The summed E-state index contributed by atoms with van der Waals surface area (Å²) in [6, 6.07) is 4.40. The maximum atomic E-state index is 15.0. The van der Waals surface area contributed by atoms with Gasteiger partial charge >= 0.3 is 0 Å². The molecular weight excluding hydrogens is 430 g/mol. The van der Waals surface area contributed by atoms with Crippen molar-refractivity contribution in [1.82, 2.24) is 14.9 Å². The van der Waals surface area contributed by atoms with E-state index in [1.165, 1.54) is 18.5 Å².